The molecule has 1 rings (SSSR count). The molecule has 0 radical (unpaired) electrons. The molecule has 1 unspecified atom stereocenters. The molecule has 1 aromatic heterocycles. The van der Waals surface area contributed by atoms with Crippen molar-refractivity contribution in [3.8, 4) is 0 Å². The molecule has 0 bridgehead atoms. The van der Waals surface area contributed by atoms with Gasteiger partial charge in [-0.3, -0.25) is 4.79 Å². The first kappa shape index (κ1) is 7.12. The predicted octanol–water partition coefficient (Wildman–Crippen LogP) is -0.180. The van der Waals surface area contributed by atoms with Crippen LogP contribution >= 0.6 is 8.03 Å². The third-order valence-electron chi connectivity index (χ3n) is 0.977. The lowest BCUT2D eigenvalue weighted by Crippen LogP contribution is -2.05. The number of hydrogen-bond donors (Lipinski definition) is 0. The van der Waals surface area contributed by atoms with Crippen LogP contribution in [0.3, 0.4) is 0 Å². The Bertz CT molecular complexity index is 264. The van der Waals surface area contributed by atoms with E-state index in [1.165, 1.54) is 6.07 Å². The number of aldehydes is 1. The van der Waals surface area contributed by atoms with Crippen LogP contribution in [0.4, 0.5) is 0 Å². The molecule has 0 aromatic carbocycles. The van der Waals surface area contributed by atoms with Crippen molar-refractivity contribution in [1.82, 2.24) is 0 Å². The summed E-state index contributed by atoms with van der Waals surface area (Å²) in [6.45, 7) is 0. The molecule has 5 heteroatoms. The fourth-order valence-corrected chi connectivity index (χ4v) is 1.02. The summed E-state index contributed by atoms with van der Waals surface area (Å²) in [5, 5.41) is -0.0648. The van der Waals surface area contributed by atoms with Crippen molar-refractivity contribution < 1.29 is 18.7 Å². The maximum absolute atomic E-state index is 10.3. The molecule has 0 aliphatic heterocycles. The van der Waals surface area contributed by atoms with Crippen molar-refractivity contribution in [3.63, 3.8) is 0 Å². The van der Waals surface area contributed by atoms with Gasteiger partial charge in [-0.15, -0.1) is 0 Å². The normalized spacial score (nSPS) is 11.1. The summed E-state index contributed by atoms with van der Waals surface area (Å²) in [4.78, 5) is 20.3. The average molecular weight is 158 g/mol. The van der Waals surface area contributed by atoms with Crippen LogP contribution in [0.25, 0.3) is 0 Å². The third kappa shape index (κ3) is 1.12. The summed E-state index contributed by atoms with van der Waals surface area (Å²) in [6.07, 6.45) is 1.52. The summed E-state index contributed by atoms with van der Waals surface area (Å²) in [5.74, 6) is -0.142. The molecule has 1 atom stereocenters. The molecule has 0 N–H and O–H groups in total. The highest BCUT2D eigenvalue weighted by Gasteiger charge is 2.16. The van der Waals surface area contributed by atoms with Crippen molar-refractivity contribution in [2.75, 3.05) is 0 Å². The zero-order chi connectivity index (χ0) is 7.56. The van der Waals surface area contributed by atoms with Gasteiger partial charge >= 0.3 is 8.03 Å². The standard InChI is InChI=1S/C5H3O4P/c6-3-4-5(10(7)8)1-2-9-4/h1-3H. The Kier molecular flexibility index (Phi) is 1.94. The van der Waals surface area contributed by atoms with Crippen molar-refractivity contribution in [2.24, 2.45) is 0 Å². The molecule has 0 amide bonds. The van der Waals surface area contributed by atoms with E-state index in [1.54, 1.807) is 0 Å². The minimum atomic E-state index is -2.71. The van der Waals surface area contributed by atoms with E-state index in [9.17, 15) is 14.3 Å². The van der Waals surface area contributed by atoms with Gasteiger partial charge in [0.1, 0.15) is 0 Å². The van der Waals surface area contributed by atoms with Gasteiger partial charge < -0.3 is 9.31 Å². The van der Waals surface area contributed by atoms with Crippen LogP contribution in [-0.4, -0.2) is 6.29 Å². The Morgan fingerprint density at radius 2 is 2.40 bits per heavy atom. The lowest BCUT2D eigenvalue weighted by atomic mass is 10.5. The molecule has 0 aliphatic carbocycles. The van der Waals surface area contributed by atoms with Gasteiger partial charge in [0.2, 0.25) is 11.1 Å². The zero-order valence-corrected chi connectivity index (χ0v) is 5.71. The minimum absolute atomic E-state index is 0.0648. The number of rotatable bonds is 2. The van der Waals surface area contributed by atoms with Crippen molar-refractivity contribution in [1.29, 1.82) is 0 Å². The van der Waals surface area contributed by atoms with Crippen LogP contribution in [0.15, 0.2) is 16.7 Å². The fourth-order valence-electron chi connectivity index (χ4n) is 0.553. The highest BCUT2D eigenvalue weighted by molar-refractivity contribution is 7.46. The second kappa shape index (κ2) is 2.73. The first-order chi connectivity index (χ1) is 4.75. The largest absolute Gasteiger partial charge is 0.591 e. The summed E-state index contributed by atoms with van der Waals surface area (Å²) in [5.41, 5.74) is 0. The van der Waals surface area contributed by atoms with Crippen molar-refractivity contribution in [3.05, 3.63) is 18.1 Å². The van der Waals surface area contributed by atoms with E-state index >= 15 is 0 Å². The predicted molar refractivity (Wildman–Crippen MR) is 31.3 cm³/mol. The summed E-state index contributed by atoms with van der Waals surface area (Å²) in [7, 11) is -2.71. The van der Waals surface area contributed by atoms with Crippen LogP contribution in [0.2, 0.25) is 0 Å². The molecule has 0 saturated carbocycles. The van der Waals surface area contributed by atoms with E-state index in [1.807, 2.05) is 0 Å². The molecule has 10 heavy (non-hydrogen) atoms. The number of carbonyl (C=O) groups is 1. The molecule has 0 spiro atoms. The fraction of sp³-hybridized carbons (Fsp3) is 0. The second-order valence-corrected chi connectivity index (χ2v) is 2.54. The SMILES string of the molecule is O=Cc1occc1[P+](=O)[O-]. The van der Waals surface area contributed by atoms with Gasteiger partial charge in [0.25, 0.3) is 0 Å². The Balaban J connectivity index is 3.13. The van der Waals surface area contributed by atoms with Crippen LogP contribution in [0.5, 0.6) is 0 Å². The van der Waals surface area contributed by atoms with Crippen LogP contribution in [0.1, 0.15) is 10.6 Å². The lowest BCUT2D eigenvalue weighted by Gasteiger charge is -1.80. The molecule has 0 aliphatic rings. The average Bonchev–Trinajstić information content (AvgIpc) is 2.33. The first-order valence-electron chi connectivity index (χ1n) is 2.42. The highest BCUT2D eigenvalue weighted by atomic mass is 31.1. The maximum atomic E-state index is 10.3. The molecule has 4 nitrogen and oxygen atoms in total. The van der Waals surface area contributed by atoms with Crippen molar-refractivity contribution >= 4 is 19.6 Å². The van der Waals surface area contributed by atoms with E-state index in [0.717, 1.165) is 6.26 Å². The highest BCUT2D eigenvalue weighted by Crippen LogP contribution is 2.10. The van der Waals surface area contributed by atoms with Crippen LogP contribution in [0, 0.1) is 0 Å². The topological polar surface area (TPSA) is 70.3 Å². The number of carbonyl (C=O) groups excluding carboxylic acids is 1. The van der Waals surface area contributed by atoms with E-state index in [2.05, 4.69) is 4.42 Å². The number of furan rings is 1. The van der Waals surface area contributed by atoms with Crippen LogP contribution < -0.4 is 10.2 Å². The molecule has 0 saturated heterocycles. The molecule has 52 valence electrons. The zero-order valence-electron chi connectivity index (χ0n) is 4.81. The Labute approximate surface area is 57.3 Å². The quantitative estimate of drug-likeness (QED) is 0.442. The molecular formula is C5H3O4P. The van der Waals surface area contributed by atoms with Gasteiger partial charge in [-0.05, 0) is 0 Å². The van der Waals surface area contributed by atoms with Gasteiger partial charge in [-0.25, -0.2) is 0 Å². The summed E-state index contributed by atoms with van der Waals surface area (Å²) in [6, 6.07) is 1.23. The smallest absolute Gasteiger partial charge is 0.353 e. The maximum Gasteiger partial charge on any atom is 0.353 e. The Hall–Kier alpha value is -0.990. The number of hydrogen-bond acceptors (Lipinski definition) is 4. The van der Waals surface area contributed by atoms with Gasteiger partial charge in [0.15, 0.2) is 6.29 Å². The second-order valence-electron chi connectivity index (χ2n) is 1.55. The van der Waals surface area contributed by atoms with Crippen molar-refractivity contribution in [2.45, 2.75) is 0 Å². The van der Waals surface area contributed by atoms with E-state index in [0.29, 0.717) is 6.29 Å². The summed E-state index contributed by atoms with van der Waals surface area (Å²) >= 11 is 0. The van der Waals surface area contributed by atoms with E-state index in [-0.39, 0.29) is 11.1 Å². The molecule has 1 heterocycles. The molecular weight excluding hydrogens is 155 g/mol. The minimum Gasteiger partial charge on any atom is -0.591 e. The van der Waals surface area contributed by atoms with Gasteiger partial charge in [-0.1, -0.05) is 4.57 Å². The van der Waals surface area contributed by atoms with Crippen LogP contribution in [-0.2, 0) is 4.57 Å². The Morgan fingerprint density at radius 1 is 1.70 bits per heavy atom. The summed E-state index contributed by atoms with van der Waals surface area (Å²) < 4.78 is 14.8. The Morgan fingerprint density at radius 3 is 2.80 bits per heavy atom. The lowest BCUT2D eigenvalue weighted by molar-refractivity contribution is -0.160. The molecule has 0 fully saturated rings. The third-order valence-corrected chi connectivity index (χ3v) is 1.74. The van der Waals surface area contributed by atoms with E-state index in [4.69, 9.17) is 0 Å². The monoisotopic (exact) mass is 158 g/mol. The van der Waals surface area contributed by atoms with E-state index < -0.39 is 8.03 Å². The van der Waals surface area contributed by atoms with Gasteiger partial charge in [0.05, 0.1) is 6.26 Å². The van der Waals surface area contributed by atoms with Gasteiger partial charge in [-0.2, -0.15) is 0 Å². The molecule has 1 aromatic rings. The first-order valence-corrected chi connectivity index (χ1v) is 3.60. The van der Waals surface area contributed by atoms with Gasteiger partial charge in [0, 0.05) is 6.07 Å².